The lowest BCUT2D eigenvalue weighted by molar-refractivity contribution is -0.384. The second kappa shape index (κ2) is 11.0. The van der Waals surface area contributed by atoms with E-state index >= 15 is 0 Å². The van der Waals surface area contributed by atoms with Gasteiger partial charge in [0.2, 0.25) is 5.89 Å². The van der Waals surface area contributed by atoms with E-state index in [2.05, 4.69) is 48.5 Å². The molecule has 0 aliphatic carbocycles. The number of ether oxygens (including phenoxy) is 1. The van der Waals surface area contributed by atoms with Crippen molar-refractivity contribution in [1.82, 2.24) is 10.3 Å². The lowest BCUT2D eigenvalue weighted by Crippen LogP contribution is -2.39. The van der Waals surface area contributed by atoms with E-state index in [-0.39, 0.29) is 21.8 Å². The molecule has 1 aliphatic heterocycles. The summed E-state index contributed by atoms with van der Waals surface area (Å²) >= 11 is 5.39. The first-order valence-corrected chi connectivity index (χ1v) is 13.2. The first-order valence-electron chi connectivity index (χ1n) is 12.8. The van der Waals surface area contributed by atoms with Gasteiger partial charge in [-0.3, -0.25) is 20.2 Å². The van der Waals surface area contributed by atoms with E-state index in [0.29, 0.717) is 54.7 Å². The Hall–Kier alpha value is -4.35. The van der Waals surface area contributed by atoms with Gasteiger partial charge in [0.1, 0.15) is 5.52 Å². The molecule has 0 bridgehead atoms. The van der Waals surface area contributed by atoms with Gasteiger partial charge in [-0.1, -0.05) is 32.9 Å². The fourth-order valence-corrected chi connectivity index (χ4v) is 4.68. The summed E-state index contributed by atoms with van der Waals surface area (Å²) in [7, 11) is 0. The summed E-state index contributed by atoms with van der Waals surface area (Å²) < 4.78 is 11.3. The Morgan fingerprint density at radius 2 is 1.77 bits per heavy atom. The molecular formula is C29H29N5O5S. The molecular weight excluding hydrogens is 530 g/mol. The van der Waals surface area contributed by atoms with Crippen LogP contribution in [0.2, 0.25) is 0 Å². The minimum Gasteiger partial charge on any atom is -0.436 e. The number of oxazole rings is 1. The van der Waals surface area contributed by atoms with Crippen LogP contribution in [0.4, 0.5) is 17.1 Å². The van der Waals surface area contributed by atoms with E-state index in [9.17, 15) is 14.9 Å². The summed E-state index contributed by atoms with van der Waals surface area (Å²) in [5, 5.41) is 17.1. The molecule has 0 unspecified atom stereocenters. The van der Waals surface area contributed by atoms with Gasteiger partial charge in [0.15, 0.2) is 10.7 Å². The number of hydrogen-bond acceptors (Lipinski definition) is 8. The fraction of sp³-hybridized carbons (Fsp3) is 0.276. The van der Waals surface area contributed by atoms with Gasteiger partial charge < -0.3 is 19.4 Å². The molecule has 1 fully saturated rings. The van der Waals surface area contributed by atoms with Gasteiger partial charge in [0.05, 0.1) is 29.4 Å². The number of morpholine rings is 1. The number of hydrogen-bond donors (Lipinski definition) is 2. The largest absolute Gasteiger partial charge is 0.436 e. The molecule has 0 radical (unpaired) electrons. The highest BCUT2D eigenvalue weighted by Gasteiger charge is 2.23. The van der Waals surface area contributed by atoms with Crippen LogP contribution in [0.25, 0.3) is 22.6 Å². The number of thiocarbonyl (C=S) groups is 1. The van der Waals surface area contributed by atoms with Gasteiger partial charge >= 0.3 is 0 Å². The van der Waals surface area contributed by atoms with Crippen molar-refractivity contribution in [3.05, 3.63) is 81.9 Å². The number of benzene rings is 3. The fourth-order valence-electron chi connectivity index (χ4n) is 4.47. The van der Waals surface area contributed by atoms with Crippen LogP contribution < -0.4 is 15.5 Å². The number of nitro groups is 1. The normalized spacial score (nSPS) is 13.7. The maximum absolute atomic E-state index is 13.2. The van der Waals surface area contributed by atoms with Gasteiger partial charge in [-0.05, 0) is 59.6 Å². The van der Waals surface area contributed by atoms with E-state index in [1.54, 1.807) is 24.3 Å². The molecule has 4 aromatic rings. The van der Waals surface area contributed by atoms with Crippen molar-refractivity contribution in [1.29, 1.82) is 0 Å². The van der Waals surface area contributed by atoms with E-state index in [4.69, 9.17) is 21.4 Å². The number of nitrogens with zero attached hydrogens (tertiary/aromatic N) is 3. The Bertz CT molecular complexity index is 1590. The quantitative estimate of drug-likeness (QED) is 0.181. The average molecular weight is 560 g/mol. The van der Waals surface area contributed by atoms with Crippen molar-refractivity contribution >= 4 is 51.4 Å². The minimum absolute atomic E-state index is 0.0465. The summed E-state index contributed by atoms with van der Waals surface area (Å²) in [5.74, 6) is -0.0454. The van der Waals surface area contributed by atoms with Gasteiger partial charge in [0.25, 0.3) is 11.6 Å². The van der Waals surface area contributed by atoms with E-state index in [1.807, 2.05) is 17.0 Å². The van der Waals surface area contributed by atoms with Crippen LogP contribution in [0.15, 0.2) is 65.1 Å². The van der Waals surface area contributed by atoms with Crippen LogP contribution in [-0.4, -0.2) is 47.2 Å². The van der Waals surface area contributed by atoms with Crippen molar-refractivity contribution in [2.24, 2.45) is 0 Å². The Labute approximate surface area is 236 Å². The summed E-state index contributed by atoms with van der Waals surface area (Å²) in [6, 6.07) is 17.7. The van der Waals surface area contributed by atoms with Crippen molar-refractivity contribution < 1.29 is 18.9 Å². The molecule has 1 aliphatic rings. The van der Waals surface area contributed by atoms with Gasteiger partial charge in [-0.15, -0.1) is 0 Å². The Balaban J connectivity index is 1.31. The van der Waals surface area contributed by atoms with Crippen molar-refractivity contribution in [3.63, 3.8) is 0 Å². The molecule has 1 saturated heterocycles. The maximum Gasteiger partial charge on any atom is 0.270 e. The number of rotatable bonds is 5. The van der Waals surface area contributed by atoms with Crippen LogP contribution in [-0.2, 0) is 10.2 Å². The van der Waals surface area contributed by atoms with Crippen LogP contribution >= 0.6 is 12.2 Å². The molecule has 1 amide bonds. The smallest absolute Gasteiger partial charge is 0.270 e. The highest BCUT2D eigenvalue weighted by molar-refractivity contribution is 7.80. The predicted molar refractivity (Wildman–Crippen MR) is 158 cm³/mol. The molecule has 2 heterocycles. The monoisotopic (exact) mass is 559 g/mol. The number of carbonyl (C=O) groups excluding carboxylic acids is 1. The highest BCUT2D eigenvalue weighted by Crippen LogP contribution is 2.30. The van der Waals surface area contributed by atoms with Crippen LogP contribution in [0, 0.1) is 10.1 Å². The summed E-state index contributed by atoms with van der Waals surface area (Å²) in [6.45, 7) is 8.64. The number of fused-ring (bicyclic) bond motifs is 1. The SMILES string of the molecule is CC(C)(C)c1ccc(-c2nc3cc(NC(=S)NC(=O)c4cc([N+](=O)[O-])ccc4N4CCOCC4)ccc3o2)cc1. The van der Waals surface area contributed by atoms with Crippen molar-refractivity contribution in [2.45, 2.75) is 26.2 Å². The van der Waals surface area contributed by atoms with Crippen LogP contribution in [0.3, 0.4) is 0 Å². The lowest BCUT2D eigenvalue weighted by Gasteiger charge is -2.30. The topological polar surface area (TPSA) is 123 Å². The summed E-state index contributed by atoms with van der Waals surface area (Å²) in [4.78, 5) is 30.6. The number of nitro benzene ring substituents is 1. The molecule has 40 heavy (non-hydrogen) atoms. The van der Waals surface area contributed by atoms with Crippen LogP contribution in [0.1, 0.15) is 36.7 Å². The van der Waals surface area contributed by atoms with E-state index in [0.717, 1.165) is 5.56 Å². The molecule has 2 N–H and O–H groups in total. The molecule has 206 valence electrons. The number of aromatic nitrogens is 1. The van der Waals surface area contributed by atoms with Crippen LogP contribution in [0.5, 0.6) is 0 Å². The highest BCUT2D eigenvalue weighted by atomic mass is 32.1. The zero-order valence-corrected chi connectivity index (χ0v) is 23.2. The van der Waals surface area contributed by atoms with E-state index in [1.165, 1.54) is 17.7 Å². The predicted octanol–water partition coefficient (Wildman–Crippen LogP) is 5.66. The molecule has 10 nitrogen and oxygen atoms in total. The molecule has 3 aromatic carbocycles. The van der Waals surface area contributed by atoms with E-state index < -0.39 is 10.8 Å². The van der Waals surface area contributed by atoms with Gasteiger partial charge in [-0.25, -0.2) is 4.98 Å². The Morgan fingerprint density at radius 1 is 1.05 bits per heavy atom. The number of nitrogens with one attached hydrogen (secondary N) is 2. The molecule has 0 spiro atoms. The lowest BCUT2D eigenvalue weighted by atomic mass is 9.87. The molecule has 0 atom stereocenters. The zero-order valence-electron chi connectivity index (χ0n) is 22.4. The third-order valence-corrected chi connectivity index (χ3v) is 6.86. The standard InChI is InChI=1S/C29H29N5O5S/c1-29(2,3)19-6-4-18(5-7-19)27-31-23-16-20(8-11-25(23)39-27)30-28(40)32-26(35)22-17-21(34(36)37)9-10-24(22)33-12-14-38-15-13-33/h4-11,16-17H,12-15H2,1-3H3,(H2,30,32,35,40). The number of non-ortho nitro benzene ring substituents is 1. The Morgan fingerprint density at radius 3 is 2.45 bits per heavy atom. The number of anilines is 2. The number of amides is 1. The molecule has 0 saturated carbocycles. The van der Waals surface area contributed by atoms with Gasteiger partial charge in [-0.2, -0.15) is 0 Å². The molecule has 5 rings (SSSR count). The first kappa shape index (κ1) is 27.2. The zero-order chi connectivity index (χ0) is 28.4. The molecule has 11 heteroatoms. The third-order valence-electron chi connectivity index (χ3n) is 6.66. The second-order valence-corrected chi connectivity index (χ2v) is 10.9. The summed E-state index contributed by atoms with van der Waals surface area (Å²) in [6.07, 6.45) is 0. The molecule has 1 aromatic heterocycles. The van der Waals surface area contributed by atoms with Crippen molar-refractivity contribution in [2.75, 3.05) is 36.5 Å². The van der Waals surface area contributed by atoms with Gasteiger partial charge in [0, 0.05) is 36.5 Å². The van der Waals surface area contributed by atoms with Crippen molar-refractivity contribution in [3.8, 4) is 11.5 Å². The maximum atomic E-state index is 13.2. The Kier molecular flexibility index (Phi) is 7.51. The minimum atomic E-state index is -0.550. The summed E-state index contributed by atoms with van der Waals surface area (Å²) in [5.41, 5.74) is 4.55. The third kappa shape index (κ3) is 5.95. The average Bonchev–Trinajstić information content (AvgIpc) is 3.36. The number of carbonyl (C=O) groups is 1. The second-order valence-electron chi connectivity index (χ2n) is 10.5. The first-order chi connectivity index (χ1) is 19.1.